The quantitative estimate of drug-likeness (QED) is 0.543. The van der Waals surface area contributed by atoms with Gasteiger partial charge in [0, 0.05) is 5.02 Å². The van der Waals surface area contributed by atoms with Gasteiger partial charge < -0.3 is 19.2 Å². The summed E-state index contributed by atoms with van der Waals surface area (Å²) in [6.45, 7) is 2.14. The van der Waals surface area contributed by atoms with Crippen LogP contribution in [-0.2, 0) is 11.4 Å². The molecule has 0 bridgehead atoms. The van der Waals surface area contributed by atoms with Gasteiger partial charge in [0.1, 0.15) is 11.5 Å². The van der Waals surface area contributed by atoms with Crippen molar-refractivity contribution in [2.24, 2.45) is 0 Å². The van der Waals surface area contributed by atoms with Gasteiger partial charge in [-0.2, -0.15) is 0 Å². The lowest BCUT2D eigenvalue weighted by Gasteiger charge is -2.09. The van der Waals surface area contributed by atoms with Gasteiger partial charge in [-0.05, 0) is 42.8 Å². The first-order chi connectivity index (χ1) is 13.5. The minimum absolute atomic E-state index is 0.0933. The number of amides is 1. The van der Waals surface area contributed by atoms with E-state index in [4.69, 9.17) is 25.5 Å². The zero-order chi connectivity index (χ0) is 19.9. The molecule has 0 aliphatic rings. The Bertz CT molecular complexity index is 964. The van der Waals surface area contributed by atoms with Crippen LogP contribution in [0.3, 0.4) is 0 Å². The minimum Gasteiger partial charge on any atom is -0.495 e. The summed E-state index contributed by atoms with van der Waals surface area (Å²) in [6, 6.07) is 12.7. The molecule has 0 spiro atoms. The molecule has 0 aliphatic heterocycles. The van der Waals surface area contributed by atoms with Crippen LogP contribution in [-0.4, -0.2) is 29.0 Å². The molecule has 146 valence electrons. The molecule has 0 radical (unpaired) electrons. The van der Waals surface area contributed by atoms with Gasteiger partial charge in [0.15, 0.2) is 6.61 Å². The zero-order valence-corrected chi connectivity index (χ0v) is 16.8. The molecule has 0 unspecified atom stereocenters. The van der Waals surface area contributed by atoms with E-state index < -0.39 is 0 Å². The van der Waals surface area contributed by atoms with E-state index in [0.717, 1.165) is 23.1 Å². The van der Waals surface area contributed by atoms with Gasteiger partial charge in [-0.25, -0.2) is 0 Å². The van der Waals surface area contributed by atoms with Gasteiger partial charge in [0.05, 0.1) is 18.6 Å². The van der Waals surface area contributed by atoms with Crippen molar-refractivity contribution in [2.75, 3.05) is 18.2 Å². The van der Waals surface area contributed by atoms with Crippen LogP contribution in [0, 0.1) is 6.92 Å². The molecular formula is C19H18ClN3O4S. The van der Waals surface area contributed by atoms with E-state index in [-0.39, 0.29) is 23.5 Å². The lowest BCUT2D eigenvalue weighted by Crippen LogP contribution is -2.14. The van der Waals surface area contributed by atoms with Crippen molar-refractivity contribution in [1.29, 1.82) is 0 Å². The molecule has 1 aromatic heterocycles. The molecule has 3 rings (SSSR count). The summed E-state index contributed by atoms with van der Waals surface area (Å²) in [6.07, 6.45) is 0. The summed E-state index contributed by atoms with van der Waals surface area (Å²) in [5.74, 6) is 1.43. The van der Waals surface area contributed by atoms with Crippen LogP contribution in [0.4, 0.5) is 5.69 Å². The molecule has 0 fully saturated rings. The number of aromatic nitrogens is 2. The van der Waals surface area contributed by atoms with Crippen molar-refractivity contribution >= 4 is 35.0 Å². The van der Waals surface area contributed by atoms with E-state index in [9.17, 15) is 4.79 Å². The van der Waals surface area contributed by atoms with E-state index in [2.05, 4.69) is 15.5 Å². The van der Waals surface area contributed by atoms with Gasteiger partial charge in [-0.3, -0.25) is 4.79 Å². The summed E-state index contributed by atoms with van der Waals surface area (Å²) in [5.41, 5.74) is 1.60. The second-order valence-electron chi connectivity index (χ2n) is 5.75. The largest absolute Gasteiger partial charge is 0.495 e. The predicted molar refractivity (Wildman–Crippen MR) is 107 cm³/mol. The lowest BCUT2D eigenvalue weighted by molar-refractivity contribution is -0.113. The van der Waals surface area contributed by atoms with Crippen LogP contribution in [0.5, 0.6) is 11.5 Å². The van der Waals surface area contributed by atoms with Gasteiger partial charge in [0.2, 0.25) is 5.91 Å². The SMILES string of the molecule is COc1ccc(Cl)cc1NC(=O)CSc1nnc(COc2cccc(C)c2)o1. The first-order valence-corrected chi connectivity index (χ1v) is 9.68. The number of hydrogen-bond donors (Lipinski definition) is 1. The topological polar surface area (TPSA) is 86.5 Å². The Morgan fingerprint density at radius 2 is 2.11 bits per heavy atom. The van der Waals surface area contributed by atoms with Gasteiger partial charge in [0.25, 0.3) is 11.1 Å². The molecule has 1 N–H and O–H groups in total. The Balaban J connectivity index is 1.50. The Kier molecular flexibility index (Phi) is 6.78. The van der Waals surface area contributed by atoms with Crippen LogP contribution in [0.15, 0.2) is 52.1 Å². The van der Waals surface area contributed by atoms with Crippen molar-refractivity contribution in [3.63, 3.8) is 0 Å². The van der Waals surface area contributed by atoms with Crippen LogP contribution < -0.4 is 14.8 Å². The standard InChI is InChI=1S/C19H18ClN3O4S/c1-12-4-3-5-14(8-12)26-10-18-22-23-19(27-18)28-11-17(24)21-15-9-13(20)6-7-16(15)25-2/h3-9H,10-11H2,1-2H3,(H,21,24). The van der Waals surface area contributed by atoms with Crippen molar-refractivity contribution in [2.45, 2.75) is 18.8 Å². The Morgan fingerprint density at radius 3 is 2.89 bits per heavy atom. The fourth-order valence-corrected chi connectivity index (χ4v) is 3.05. The monoisotopic (exact) mass is 419 g/mol. The fourth-order valence-electron chi connectivity index (χ4n) is 2.30. The number of rotatable bonds is 8. The highest BCUT2D eigenvalue weighted by atomic mass is 35.5. The van der Waals surface area contributed by atoms with Gasteiger partial charge in [-0.15, -0.1) is 10.2 Å². The van der Waals surface area contributed by atoms with Gasteiger partial charge in [-0.1, -0.05) is 35.5 Å². The summed E-state index contributed by atoms with van der Waals surface area (Å²) in [4.78, 5) is 12.2. The number of aryl methyl sites for hydroxylation is 1. The summed E-state index contributed by atoms with van der Waals surface area (Å²) in [7, 11) is 1.52. The summed E-state index contributed by atoms with van der Waals surface area (Å²) >= 11 is 7.09. The second kappa shape index (κ2) is 9.48. The number of halogens is 1. The number of methoxy groups -OCH3 is 1. The highest BCUT2D eigenvalue weighted by Crippen LogP contribution is 2.28. The molecule has 28 heavy (non-hydrogen) atoms. The number of ether oxygens (including phenoxy) is 2. The van der Waals surface area contributed by atoms with E-state index in [0.29, 0.717) is 22.4 Å². The third-order valence-electron chi connectivity index (χ3n) is 3.56. The molecule has 0 saturated carbocycles. The molecule has 9 heteroatoms. The maximum atomic E-state index is 12.2. The Hall–Kier alpha value is -2.71. The Morgan fingerprint density at radius 1 is 1.25 bits per heavy atom. The molecule has 1 heterocycles. The average Bonchev–Trinajstić information content (AvgIpc) is 3.13. The molecule has 1 amide bonds. The number of anilines is 1. The van der Waals surface area contributed by atoms with Crippen molar-refractivity contribution in [3.8, 4) is 11.5 Å². The molecule has 0 saturated heterocycles. The third kappa shape index (κ3) is 5.64. The smallest absolute Gasteiger partial charge is 0.277 e. The minimum atomic E-state index is -0.249. The highest BCUT2D eigenvalue weighted by Gasteiger charge is 2.12. The van der Waals surface area contributed by atoms with Crippen molar-refractivity contribution in [3.05, 3.63) is 58.9 Å². The summed E-state index contributed by atoms with van der Waals surface area (Å²) in [5, 5.41) is 11.4. The molecule has 3 aromatic rings. The maximum absolute atomic E-state index is 12.2. The number of nitrogens with one attached hydrogen (secondary N) is 1. The number of benzene rings is 2. The van der Waals surface area contributed by atoms with Gasteiger partial charge >= 0.3 is 0 Å². The molecular weight excluding hydrogens is 402 g/mol. The average molecular weight is 420 g/mol. The first kappa shape index (κ1) is 20.0. The molecule has 0 atom stereocenters. The maximum Gasteiger partial charge on any atom is 0.277 e. The molecule has 0 aliphatic carbocycles. The van der Waals surface area contributed by atoms with Crippen LogP contribution in [0.25, 0.3) is 0 Å². The second-order valence-corrected chi connectivity index (χ2v) is 7.11. The fraction of sp³-hybridized carbons (Fsp3) is 0.211. The van der Waals surface area contributed by atoms with Crippen LogP contribution in [0.1, 0.15) is 11.5 Å². The Labute approximate surface area is 171 Å². The van der Waals surface area contributed by atoms with Crippen molar-refractivity contribution < 1.29 is 18.7 Å². The van der Waals surface area contributed by atoms with Crippen LogP contribution >= 0.6 is 23.4 Å². The number of nitrogens with zero attached hydrogens (tertiary/aromatic N) is 2. The molecule has 7 nitrogen and oxygen atoms in total. The van der Waals surface area contributed by atoms with E-state index >= 15 is 0 Å². The predicted octanol–water partition coefficient (Wildman–Crippen LogP) is 4.35. The van der Waals surface area contributed by atoms with Crippen molar-refractivity contribution in [1.82, 2.24) is 10.2 Å². The van der Waals surface area contributed by atoms with E-state index in [1.165, 1.54) is 7.11 Å². The normalized spacial score (nSPS) is 10.5. The van der Waals surface area contributed by atoms with E-state index in [1.807, 2.05) is 31.2 Å². The third-order valence-corrected chi connectivity index (χ3v) is 4.62. The number of hydrogen-bond acceptors (Lipinski definition) is 7. The highest BCUT2D eigenvalue weighted by molar-refractivity contribution is 7.99. The zero-order valence-electron chi connectivity index (χ0n) is 15.3. The van der Waals surface area contributed by atoms with Crippen LogP contribution in [0.2, 0.25) is 5.02 Å². The first-order valence-electron chi connectivity index (χ1n) is 8.31. The summed E-state index contributed by atoms with van der Waals surface area (Å²) < 4.78 is 16.3. The number of carbonyl (C=O) groups excluding carboxylic acids is 1. The number of carbonyl (C=O) groups is 1. The lowest BCUT2D eigenvalue weighted by atomic mass is 10.2. The number of thioether (sulfide) groups is 1. The van der Waals surface area contributed by atoms with E-state index in [1.54, 1.807) is 18.2 Å². The molecule has 2 aromatic carbocycles.